The lowest BCUT2D eigenvalue weighted by Gasteiger charge is -2.35. The third-order valence-electron chi connectivity index (χ3n) is 5.12. The van der Waals surface area contributed by atoms with Crippen molar-refractivity contribution in [1.82, 2.24) is 19.6 Å². The van der Waals surface area contributed by atoms with Gasteiger partial charge in [-0.15, -0.1) is 11.3 Å². The van der Waals surface area contributed by atoms with E-state index in [0.29, 0.717) is 43.4 Å². The van der Waals surface area contributed by atoms with Crippen LogP contribution in [0.25, 0.3) is 4.96 Å². The third-order valence-corrected chi connectivity index (χ3v) is 5.87. The highest BCUT2D eigenvalue weighted by molar-refractivity contribution is 7.15. The van der Waals surface area contributed by atoms with Crippen LogP contribution in [0.3, 0.4) is 0 Å². The molecule has 10 nitrogen and oxygen atoms in total. The fourth-order valence-electron chi connectivity index (χ4n) is 3.57. The number of nitrogens with zero attached hydrogens (tertiary/aromatic N) is 5. The number of carbonyl (C=O) groups excluding carboxylic acids is 1. The number of hydrogen-bond acceptors (Lipinski definition) is 8. The molecule has 156 valence electrons. The summed E-state index contributed by atoms with van der Waals surface area (Å²) in [6.45, 7) is 3.11. The van der Waals surface area contributed by atoms with Gasteiger partial charge in [-0.3, -0.25) is 29.0 Å². The first-order valence-corrected chi connectivity index (χ1v) is 10.3. The molecule has 1 aromatic carbocycles. The van der Waals surface area contributed by atoms with E-state index in [4.69, 9.17) is 0 Å². The summed E-state index contributed by atoms with van der Waals surface area (Å²) in [4.78, 5) is 44.4. The summed E-state index contributed by atoms with van der Waals surface area (Å²) in [5, 5.41) is 15.9. The average molecular weight is 428 g/mol. The number of anilines is 1. The maximum atomic E-state index is 12.1. The monoisotopic (exact) mass is 428 g/mol. The lowest BCUT2D eigenvalue weighted by atomic mass is 10.1. The summed E-state index contributed by atoms with van der Waals surface area (Å²) in [5.41, 5.74) is 1.30. The molecule has 30 heavy (non-hydrogen) atoms. The van der Waals surface area contributed by atoms with Crippen LogP contribution in [-0.2, 0) is 6.54 Å². The van der Waals surface area contributed by atoms with Crippen LogP contribution in [0.15, 0.2) is 40.6 Å². The first kappa shape index (κ1) is 20.0. The number of rotatable bonds is 5. The number of fused-ring (bicyclic) bond motifs is 1. The summed E-state index contributed by atoms with van der Waals surface area (Å²) in [6, 6.07) is 6.09. The lowest BCUT2D eigenvalue weighted by Crippen LogP contribution is -2.46. The second-order valence-corrected chi connectivity index (χ2v) is 7.82. The van der Waals surface area contributed by atoms with Gasteiger partial charge in [0.05, 0.1) is 10.6 Å². The number of benzene rings is 1. The van der Waals surface area contributed by atoms with Gasteiger partial charge >= 0.3 is 0 Å². The molecule has 3 aromatic rings. The van der Waals surface area contributed by atoms with Gasteiger partial charge in [-0.2, -0.15) is 0 Å². The summed E-state index contributed by atoms with van der Waals surface area (Å²) < 4.78 is 1.52. The van der Waals surface area contributed by atoms with Gasteiger partial charge in [0.1, 0.15) is 5.69 Å². The van der Waals surface area contributed by atoms with E-state index in [9.17, 15) is 19.7 Å². The Labute approximate surface area is 175 Å². The molecule has 1 aliphatic heterocycles. The van der Waals surface area contributed by atoms with Crippen molar-refractivity contribution in [2.75, 3.05) is 38.1 Å². The van der Waals surface area contributed by atoms with E-state index in [-0.39, 0.29) is 22.7 Å². The van der Waals surface area contributed by atoms with E-state index in [1.165, 1.54) is 28.9 Å². The van der Waals surface area contributed by atoms with Crippen molar-refractivity contribution in [3.63, 3.8) is 0 Å². The minimum absolute atomic E-state index is 0.0811. The van der Waals surface area contributed by atoms with Crippen LogP contribution in [0.2, 0.25) is 0 Å². The summed E-state index contributed by atoms with van der Waals surface area (Å²) in [6.07, 6.45) is 1.71. The zero-order chi connectivity index (χ0) is 21.3. The molecule has 1 N–H and O–H groups in total. The van der Waals surface area contributed by atoms with Gasteiger partial charge in [0.15, 0.2) is 4.96 Å². The number of aromatic nitrogens is 2. The van der Waals surface area contributed by atoms with E-state index < -0.39 is 4.92 Å². The number of nitro groups is 1. The molecule has 11 heteroatoms. The fourth-order valence-corrected chi connectivity index (χ4v) is 4.31. The average Bonchev–Trinajstić information content (AvgIpc) is 3.22. The van der Waals surface area contributed by atoms with Crippen LogP contribution in [0.5, 0.6) is 0 Å². The highest BCUT2D eigenvalue weighted by Crippen LogP contribution is 2.30. The zero-order valence-corrected chi connectivity index (χ0v) is 17.1. The first-order chi connectivity index (χ1) is 14.5. The van der Waals surface area contributed by atoms with Gasteiger partial charge < -0.3 is 10.2 Å². The second-order valence-electron chi connectivity index (χ2n) is 6.94. The van der Waals surface area contributed by atoms with Gasteiger partial charge in [-0.1, -0.05) is 0 Å². The van der Waals surface area contributed by atoms with E-state index >= 15 is 0 Å². The SMILES string of the molecule is CNC(=O)c1ccc(N2CCN(Cc3cc(=O)n4ccsc4n3)CC2)c([N+](=O)[O-])c1. The zero-order valence-electron chi connectivity index (χ0n) is 16.3. The molecule has 0 atom stereocenters. The normalized spacial score (nSPS) is 14.8. The Morgan fingerprint density at radius 3 is 2.73 bits per heavy atom. The predicted octanol–water partition coefficient (Wildman–Crippen LogP) is 1.35. The van der Waals surface area contributed by atoms with E-state index in [1.807, 2.05) is 10.3 Å². The molecular formula is C19H20N6O4S. The molecule has 0 aliphatic carbocycles. The summed E-state index contributed by atoms with van der Waals surface area (Å²) >= 11 is 1.42. The standard InChI is InChI=1S/C19H20N6O4S/c1-20-18(27)13-2-3-15(16(10-13)25(28)29)23-6-4-22(5-7-23)12-14-11-17(26)24-8-9-30-19(24)21-14/h2-3,8-11H,4-7,12H2,1H3,(H,20,27). The molecule has 2 aromatic heterocycles. The molecule has 0 spiro atoms. The van der Waals surface area contributed by atoms with Crippen molar-refractivity contribution in [2.24, 2.45) is 0 Å². The van der Waals surface area contributed by atoms with E-state index in [0.717, 1.165) is 5.69 Å². The van der Waals surface area contributed by atoms with Gasteiger partial charge in [0.25, 0.3) is 17.2 Å². The maximum Gasteiger partial charge on any atom is 0.293 e. The molecule has 3 heterocycles. The van der Waals surface area contributed by atoms with Crippen molar-refractivity contribution in [3.8, 4) is 0 Å². The molecule has 1 fully saturated rings. The van der Waals surface area contributed by atoms with Crippen LogP contribution in [0.1, 0.15) is 16.1 Å². The smallest absolute Gasteiger partial charge is 0.293 e. The Kier molecular flexibility index (Phi) is 5.46. The third kappa shape index (κ3) is 3.89. The van der Waals surface area contributed by atoms with Crippen LogP contribution in [0.4, 0.5) is 11.4 Å². The van der Waals surface area contributed by atoms with Gasteiger partial charge in [-0.05, 0) is 12.1 Å². The number of piperazine rings is 1. The van der Waals surface area contributed by atoms with Crippen LogP contribution < -0.4 is 15.8 Å². The Hall–Kier alpha value is -3.31. The molecule has 0 unspecified atom stereocenters. The fraction of sp³-hybridized carbons (Fsp3) is 0.316. The quantitative estimate of drug-likeness (QED) is 0.482. The summed E-state index contributed by atoms with van der Waals surface area (Å²) in [7, 11) is 1.49. The van der Waals surface area contributed by atoms with Gasteiger partial charge in [-0.25, -0.2) is 4.98 Å². The van der Waals surface area contributed by atoms with E-state index in [2.05, 4.69) is 15.2 Å². The molecule has 0 bridgehead atoms. The van der Waals surface area contributed by atoms with Crippen molar-refractivity contribution in [1.29, 1.82) is 0 Å². The molecule has 1 amide bonds. The molecular weight excluding hydrogens is 408 g/mol. The second kappa shape index (κ2) is 8.20. The molecule has 1 saturated heterocycles. The largest absolute Gasteiger partial charge is 0.363 e. The minimum Gasteiger partial charge on any atom is -0.363 e. The number of hydrogen-bond donors (Lipinski definition) is 1. The lowest BCUT2D eigenvalue weighted by molar-refractivity contribution is -0.384. The van der Waals surface area contributed by atoms with Crippen molar-refractivity contribution in [3.05, 3.63) is 67.6 Å². The number of amides is 1. The number of carbonyl (C=O) groups is 1. The Morgan fingerprint density at radius 1 is 1.27 bits per heavy atom. The maximum absolute atomic E-state index is 12.1. The topological polar surface area (TPSA) is 113 Å². The minimum atomic E-state index is -0.457. The highest BCUT2D eigenvalue weighted by Gasteiger charge is 2.25. The van der Waals surface area contributed by atoms with Gasteiger partial charge in [0, 0.05) is 69.0 Å². The van der Waals surface area contributed by atoms with Crippen molar-refractivity contribution in [2.45, 2.75) is 6.54 Å². The van der Waals surface area contributed by atoms with Crippen molar-refractivity contribution < 1.29 is 9.72 Å². The Morgan fingerprint density at radius 2 is 2.03 bits per heavy atom. The molecule has 4 rings (SSSR count). The molecule has 0 saturated carbocycles. The highest BCUT2D eigenvalue weighted by atomic mass is 32.1. The van der Waals surface area contributed by atoms with Crippen LogP contribution >= 0.6 is 11.3 Å². The van der Waals surface area contributed by atoms with Crippen LogP contribution in [0, 0.1) is 10.1 Å². The number of nitro benzene ring substituents is 1. The number of nitrogens with one attached hydrogen (secondary N) is 1. The van der Waals surface area contributed by atoms with Crippen LogP contribution in [-0.4, -0.2) is 58.3 Å². The number of thiazole rings is 1. The Balaban J connectivity index is 1.47. The first-order valence-electron chi connectivity index (χ1n) is 9.40. The molecule has 1 aliphatic rings. The van der Waals surface area contributed by atoms with Crippen molar-refractivity contribution >= 4 is 33.6 Å². The van der Waals surface area contributed by atoms with E-state index in [1.54, 1.807) is 24.4 Å². The predicted molar refractivity (Wildman–Crippen MR) is 113 cm³/mol. The summed E-state index contributed by atoms with van der Waals surface area (Å²) in [5.74, 6) is -0.361. The van der Waals surface area contributed by atoms with Gasteiger partial charge in [0.2, 0.25) is 0 Å². The molecule has 0 radical (unpaired) electrons. The Bertz CT molecular complexity index is 1170.